The molecule has 0 aliphatic rings. The van der Waals surface area contributed by atoms with Crippen LogP contribution in [-0.2, 0) is 17.8 Å². The summed E-state index contributed by atoms with van der Waals surface area (Å²) < 4.78 is 7.00. The minimum Gasteiger partial charge on any atom is -0.497 e. The highest BCUT2D eigenvalue weighted by atomic mass is 16.5. The molecule has 0 atom stereocenters. The van der Waals surface area contributed by atoms with Gasteiger partial charge in [-0.3, -0.25) is 4.79 Å². The predicted molar refractivity (Wildman–Crippen MR) is 77.8 cm³/mol. The zero-order valence-electron chi connectivity index (χ0n) is 11.8. The van der Waals surface area contributed by atoms with Crippen LogP contribution in [0.1, 0.15) is 19.2 Å². The zero-order chi connectivity index (χ0) is 14.4. The molecule has 106 valence electrons. The number of methoxy groups -OCH3 is 1. The molecule has 0 unspecified atom stereocenters. The van der Waals surface area contributed by atoms with E-state index < -0.39 is 0 Å². The van der Waals surface area contributed by atoms with E-state index in [4.69, 9.17) is 4.74 Å². The van der Waals surface area contributed by atoms with Crippen molar-refractivity contribution in [2.24, 2.45) is 0 Å². The van der Waals surface area contributed by atoms with Crippen LogP contribution in [0.2, 0.25) is 0 Å². The van der Waals surface area contributed by atoms with E-state index in [0.717, 1.165) is 30.1 Å². The standard InChI is InChI=1S/C15H19N3O2/c1-3-5-14-16-8-9-18(14)11-15(19)17-12-6-4-7-13(10-12)20-2/h4,6-10H,3,5,11H2,1-2H3,(H,17,19). The second-order valence-corrected chi connectivity index (χ2v) is 4.50. The molecule has 0 aliphatic carbocycles. The van der Waals surface area contributed by atoms with Gasteiger partial charge in [0.25, 0.3) is 0 Å². The highest BCUT2D eigenvalue weighted by Gasteiger charge is 2.07. The lowest BCUT2D eigenvalue weighted by atomic mass is 10.3. The van der Waals surface area contributed by atoms with E-state index in [1.165, 1.54) is 0 Å². The number of amides is 1. The third-order valence-corrected chi connectivity index (χ3v) is 2.94. The summed E-state index contributed by atoms with van der Waals surface area (Å²) in [4.78, 5) is 16.3. The van der Waals surface area contributed by atoms with Crippen LogP contribution in [0.3, 0.4) is 0 Å². The van der Waals surface area contributed by atoms with Crippen LogP contribution >= 0.6 is 0 Å². The van der Waals surface area contributed by atoms with Crippen molar-refractivity contribution < 1.29 is 9.53 Å². The van der Waals surface area contributed by atoms with Gasteiger partial charge in [0.2, 0.25) is 5.91 Å². The summed E-state index contributed by atoms with van der Waals surface area (Å²) in [5.74, 6) is 1.58. The molecule has 5 heteroatoms. The van der Waals surface area contributed by atoms with Crippen molar-refractivity contribution in [1.29, 1.82) is 0 Å². The number of benzene rings is 1. The maximum absolute atomic E-state index is 12.0. The van der Waals surface area contributed by atoms with Gasteiger partial charge in [0.1, 0.15) is 18.1 Å². The van der Waals surface area contributed by atoms with Gasteiger partial charge in [0, 0.05) is 30.6 Å². The first-order valence-corrected chi connectivity index (χ1v) is 6.67. The number of carbonyl (C=O) groups excluding carboxylic acids is 1. The number of anilines is 1. The number of aryl methyl sites for hydroxylation is 1. The Morgan fingerprint density at radius 1 is 1.45 bits per heavy atom. The third kappa shape index (κ3) is 3.60. The number of carbonyl (C=O) groups is 1. The van der Waals surface area contributed by atoms with Crippen molar-refractivity contribution >= 4 is 11.6 Å². The van der Waals surface area contributed by atoms with Gasteiger partial charge < -0.3 is 14.6 Å². The molecule has 1 heterocycles. The average Bonchev–Trinajstić information content (AvgIpc) is 2.86. The monoisotopic (exact) mass is 273 g/mol. The Morgan fingerprint density at radius 3 is 3.05 bits per heavy atom. The number of nitrogens with zero attached hydrogens (tertiary/aromatic N) is 2. The van der Waals surface area contributed by atoms with Crippen LogP contribution in [0.4, 0.5) is 5.69 Å². The van der Waals surface area contributed by atoms with Crippen molar-refractivity contribution in [1.82, 2.24) is 9.55 Å². The molecule has 0 fully saturated rings. The van der Waals surface area contributed by atoms with Gasteiger partial charge in [-0.25, -0.2) is 4.98 Å². The lowest BCUT2D eigenvalue weighted by molar-refractivity contribution is -0.116. The van der Waals surface area contributed by atoms with E-state index in [1.807, 2.05) is 29.0 Å². The van der Waals surface area contributed by atoms with E-state index in [9.17, 15) is 4.79 Å². The van der Waals surface area contributed by atoms with Gasteiger partial charge in [-0.1, -0.05) is 13.0 Å². The summed E-state index contributed by atoms with van der Waals surface area (Å²) in [6.45, 7) is 2.36. The fourth-order valence-corrected chi connectivity index (χ4v) is 1.99. The Morgan fingerprint density at radius 2 is 2.30 bits per heavy atom. The molecule has 0 saturated carbocycles. The molecule has 1 amide bonds. The Labute approximate surface area is 118 Å². The number of imidazole rings is 1. The lowest BCUT2D eigenvalue weighted by Gasteiger charge is -2.09. The first-order valence-electron chi connectivity index (χ1n) is 6.67. The van der Waals surface area contributed by atoms with Gasteiger partial charge in [-0.2, -0.15) is 0 Å². The molecule has 0 bridgehead atoms. The summed E-state index contributed by atoms with van der Waals surface area (Å²) in [7, 11) is 1.60. The van der Waals surface area contributed by atoms with Crippen LogP contribution < -0.4 is 10.1 Å². The minimum atomic E-state index is -0.0754. The number of rotatable bonds is 6. The average molecular weight is 273 g/mol. The zero-order valence-corrected chi connectivity index (χ0v) is 11.8. The highest BCUT2D eigenvalue weighted by molar-refractivity contribution is 5.90. The van der Waals surface area contributed by atoms with Crippen LogP contribution in [0, 0.1) is 0 Å². The summed E-state index contributed by atoms with van der Waals surface area (Å²) >= 11 is 0. The number of hydrogen-bond acceptors (Lipinski definition) is 3. The van der Waals surface area contributed by atoms with Crippen LogP contribution in [0.25, 0.3) is 0 Å². The highest BCUT2D eigenvalue weighted by Crippen LogP contribution is 2.16. The molecule has 1 aromatic heterocycles. The van der Waals surface area contributed by atoms with E-state index >= 15 is 0 Å². The molecule has 0 aliphatic heterocycles. The van der Waals surface area contributed by atoms with E-state index in [0.29, 0.717) is 0 Å². The van der Waals surface area contributed by atoms with Gasteiger partial charge >= 0.3 is 0 Å². The number of hydrogen-bond donors (Lipinski definition) is 1. The van der Waals surface area contributed by atoms with Crippen molar-refractivity contribution in [3.8, 4) is 5.75 Å². The third-order valence-electron chi connectivity index (χ3n) is 2.94. The fourth-order valence-electron chi connectivity index (χ4n) is 1.99. The maximum Gasteiger partial charge on any atom is 0.244 e. The summed E-state index contributed by atoms with van der Waals surface area (Å²) in [6, 6.07) is 7.30. The summed E-state index contributed by atoms with van der Waals surface area (Å²) in [6.07, 6.45) is 5.44. The molecule has 20 heavy (non-hydrogen) atoms. The molecule has 1 N–H and O–H groups in total. The van der Waals surface area contributed by atoms with Gasteiger partial charge in [0.05, 0.1) is 7.11 Å². The van der Waals surface area contributed by atoms with E-state index in [-0.39, 0.29) is 12.5 Å². The number of nitrogens with one attached hydrogen (secondary N) is 1. The Bertz CT molecular complexity index is 578. The lowest BCUT2D eigenvalue weighted by Crippen LogP contribution is -2.19. The smallest absolute Gasteiger partial charge is 0.244 e. The number of aromatic nitrogens is 2. The Balaban J connectivity index is 1.99. The van der Waals surface area contributed by atoms with Crippen LogP contribution in [0.5, 0.6) is 5.75 Å². The molecular formula is C15H19N3O2. The van der Waals surface area contributed by atoms with Gasteiger partial charge in [-0.05, 0) is 18.6 Å². The van der Waals surface area contributed by atoms with Crippen molar-refractivity contribution in [2.45, 2.75) is 26.3 Å². The summed E-state index contributed by atoms with van der Waals surface area (Å²) in [5, 5.41) is 2.86. The SMILES string of the molecule is CCCc1nccn1CC(=O)Nc1cccc(OC)c1. The maximum atomic E-state index is 12.0. The Kier molecular flexibility index (Phi) is 4.76. The van der Waals surface area contributed by atoms with E-state index in [1.54, 1.807) is 19.4 Å². The minimum absolute atomic E-state index is 0.0754. The molecular weight excluding hydrogens is 254 g/mol. The second-order valence-electron chi connectivity index (χ2n) is 4.50. The predicted octanol–water partition coefficient (Wildman–Crippen LogP) is 2.48. The van der Waals surface area contributed by atoms with Crippen LogP contribution in [0.15, 0.2) is 36.7 Å². The van der Waals surface area contributed by atoms with Crippen molar-refractivity contribution in [3.63, 3.8) is 0 Å². The van der Waals surface area contributed by atoms with Gasteiger partial charge in [-0.15, -0.1) is 0 Å². The van der Waals surface area contributed by atoms with Crippen molar-refractivity contribution in [3.05, 3.63) is 42.5 Å². The Hall–Kier alpha value is -2.30. The number of ether oxygens (including phenoxy) is 1. The molecule has 2 aromatic rings. The second kappa shape index (κ2) is 6.75. The molecule has 0 spiro atoms. The molecule has 0 saturated heterocycles. The summed E-state index contributed by atoms with van der Waals surface area (Å²) in [5.41, 5.74) is 0.728. The quantitative estimate of drug-likeness (QED) is 0.879. The van der Waals surface area contributed by atoms with Crippen molar-refractivity contribution in [2.75, 3.05) is 12.4 Å². The first kappa shape index (κ1) is 14.1. The molecule has 0 radical (unpaired) electrons. The van der Waals surface area contributed by atoms with Gasteiger partial charge in [0.15, 0.2) is 0 Å². The van der Waals surface area contributed by atoms with E-state index in [2.05, 4.69) is 17.2 Å². The largest absolute Gasteiger partial charge is 0.497 e. The first-order chi connectivity index (χ1) is 9.72. The van der Waals surface area contributed by atoms with Crippen LogP contribution in [-0.4, -0.2) is 22.6 Å². The normalized spacial score (nSPS) is 10.3. The fraction of sp³-hybridized carbons (Fsp3) is 0.333. The molecule has 2 rings (SSSR count). The molecule has 1 aromatic carbocycles. The topological polar surface area (TPSA) is 56.2 Å². The molecule has 5 nitrogen and oxygen atoms in total.